The van der Waals surface area contributed by atoms with Gasteiger partial charge in [-0.1, -0.05) is 48.5 Å². The molecule has 0 saturated heterocycles. The highest BCUT2D eigenvalue weighted by molar-refractivity contribution is 6.74. The van der Waals surface area contributed by atoms with Gasteiger partial charge >= 0.3 is 5.97 Å². The average molecular weight is 517 g/mol. The van der Waals surface area contributed by atoms with Gasteiger partial charge in [-0.2, -0.15) is 0 Å². The number of carbonyl (C=O) groups is 2. The maximum Gasteiger partial charge on any atom is 0.311 e. The third-order valence-electron chi connectivity index (χ3n) is 7.76. The normalized spacial score (nSPS) is 16.1. The minimum Gasteiger partial charge on any atom is -0.465 e. The fraction of sp³-hybridized carbons (Fsp3) is 0.926. The maximum atomic E-state index is 12.3. The molecule has 0 aromatic carbocycles. The molecule has 0 amide bonds. The largest absolute Gasteiger partial charge is 0.465 e. The van der Waals surface area contributed by atoms with Gasteiger partial charge in [-0.3, -0.25) is 4.79 Å². The Morgan fingerprint density at radius 1 is 0.912 bits per heavy atom. The van der Waals surface area contributed by atoms with Crippen LogP contribution in [0.2, 0.25) is 36.3 Å². The first-order valence-electron chi connectivity index (χ1n) is 13.4. The summed E-state index contributed by atoms with van der Waals surface area (Å²) < 4.78 is 19.5. The molecule has 0 aliphatic heterocycles. The Kier molecular flexibility index (Phi) is 14.1. The summed E-state index contributed by atoms with van der Waals surface area (Å²) in [5, 5.41) is 0.100. The maximum absolute atomic E-state index is 12.3. The van der Waals surface area contributed by atoms with Crippen molar-refractivity contribution in [3.05, 3.63) is 0 Å². The highest BCUT2D eigenvalue weighted by Crippen LogP contribution is 2.39. The summed E-state index contributed by atoms with van der Waals surface area (Å²) >= 11 is 0. The van der Waals surface area contributed by atoms with Crippen LogP contribution in [0.1, 0.15) is 94.9 Å². The summed E-state index contributed by atoms with van der Waals surface area (Å²) in [6, 6.07) is 3.23. The van der Waals surface area contributed by atoms with Crippen LogP contribution in [-0.2, 0) is 23.2 Å². The molecule has 0 N–H and O–H groups in total. The topological polar surface area (TPSA) is 61.8 Å². The van der Waals surface area contributed by atoms with E-state index in [2.05, 4.69) is 61.6 Å². The van der Waals surface area contributed by atoms with Gasteiger partial charge in [0.15, 0.2) is 16.6 Å². The molecule has 0 aliphatic carbocycles. The summed E-state index contributed by atoms with van der Waals surface area (Å²) in [5.41, 5.74) is -0.511. The first-order valence-corrected chi connectivity index (χ1v) is 18.9. The van der Waals surface area contributed by atoms with Crippen molar-refractivity contribution in [2.45, 2.75) is 143 Å². The lowest BCUT2D eigenvalue weighted by molar-refractivity contribution is -0.153. The van der Waals surface area contributed by atoms with E-state index in [-0.39, 0.29) is 29.1 Å². The van der Waals surface area contributed by atoms with Crippen LogP contribution >= 0.6 is 0 Å². The number of rotatable bonds is 16. The first-order chi connectivity index (χ1) is 15.5. The van der Waals surface area contributed by atoms with Gasteiger partial charge in [-0.25, -0.2) is 0 Å². The van der Waals surface area contributed by atoms with Crippen molar-refractivity contribution in [3.63, 3.8) is 0 Å². The second-order valence-corrected chi connectivity index (χ2v) is 22.0. The molecule has 34 heavy (non-hydrogen) atoms. The summed E-state index contributed by atoms with van der Waals surface area (Å²) in [6.07, 6.45) is 3.80. The van der Waals surface area contributed by atoms with Crippen molar-refractivity contribution in [1.29, 1.82) is 0 Å². The van der Waals surface area contributed by atoms with E-state index in [0.717, 1.165) is 37.3 Å². The predicted molar refractivity (Wildman–Crippen MR) is 148 cm³/mol. The SMILES string of the molecule is CC[Si](CC)(CC)OC(CCOC(=O)C(C)(C)C)CC(O[Si](C)(C)C(C)(C)C)C(C)CCC=O. The molecule has 0 radical (unpaired) electrons. The summed E-state index contributed by atoms with van der Waals surface area (Å²) in [7, 11) is -3.87. The van der Waals surface area contributed by atoms with E-state index in [4.69, 9.17) is 13.6 Å². The van der Waals surface area contributed by atoms with Gasteiger partial charge in [0.1, 0.15) is 6.29 Å². The monoisotopic (exact) mass is 516 g/mol. The van der Waals surface area contributed by atoms with E-state index in [1.807, 2.05) is 20.8 Å². The number of ether oxygens (including phenoxy) is 1. The minimum atomic E-state index is -2.01. The number of aldehydes is 1. The fourth-order valence-corrected chi connectivity index (χ4v) is 8.17. The van der Waals surface area contributed by atoms with Crippen molar-refractivity contribution in [2.75, 3.05) is 6.61 Å². The van der Waals surface area contributed by atoms with Crippen LogP contribution < -0.4 is 0 Å². The molecule has 3 unspecified atom stereocenters. The number of carbonyl (C=O) groups excluding carboxylic acids is 2. The molecule has 0 aromatic heterocycles. The molecule has 0 aromatic rings. The van der Waals surface area contributed by atoms with Crippen LogP contribution in [0.5, 0.6) is 0 Å². The summed E-state index contributed by atoms with van der Waals surface area (Å²) in [4.78, 5) is 23.4. The van der Waals surface area contributed by atoms with Gasteiger partial charge in [0, 0.05) is 12.8 Å². The summed E-state index contributed by atoms with van der Waals surface area (Å²) in [6.45, 7) is 26.3. The Bertz CT molecular complexity index is 595. The van der Waals surface area contributed by atoms with Gasteiger partial charge in [0.05, 0.1) is 24.2 Å². The molecule has 0 bridgehead atoms. The number of hydrogen-bond donors (Lipinski definition) is 0. The smallest absolute Gasteiger partial charge is 0.311 e. The summed E-state index contributed by atoms with van der Waals surface area (Å²) in [5.74, 6) is 0.0770. The van der Waals surface area contributed by atoms with Gasteiger partial charge in [-0.15, -0.1) is 0 Å². The van der Waals surface area contributed by atoms with Crippen molar-refractivity contribution >= 4 is 28.9 Å². The van der Waals surface area contributed by atoms with Crippen LogP contribution in [0.15, 0.2) is 0 Å². The molecule has 0 fully saturated rings. The Balaban J connectivity index is 5.84. The second-order valence-electron chi connectivity index (χ2n) is 12.5. The lowest BCUT2D eigenvalue weighted by Crippen LogP contribution is -2.48. The minimum absolute atomic E-state index is 0.0152. The van der Waals surface area contributed by atoms with Crippen molar-refractivity contribution < 1.29 is 23.2 Å². The van der Waals surface area contributed by atoms with Crippen LogP contribution in [0.25, 0.3) is 0 Å². The highest BCUT2D eigenvalue weighted by Gasteiger charge is 2.41. The van der Waals surface area contributed by atoms with E-state index in [1.54, 1.807) is 0 Å². The Labute approximate surface area is 213 Å². The lowest BCUT2D eigenvalue weighted by atomic mass is 9.94. The quantitative estimate of drug-likeness (QED) is 0.119. The molecular formula is C27H56O5Si2. The van der Waals surface area contributed by atoms with Crippen molar-refractivity contribution in [1.82, 2.24) is 0 Å². The van der Waals surface area contributed by atoms with E-state index < -0.39 is 22.0 Å². The predicted octanol–water partition coefficient (Wildman–Crippen LogP) is 7.75. The molecule has 0 saturated carbocycles. The van der Waals surface area contributed by atoms with Crippen LogP contribution in [0.4, 0.5) is 0 Å². The zero-order valence-electron chi connectivity index (χ0n) is 24.5. The molecule has 5 nitrogen and oxygen atoms in total. The second kappa shape index (κ2) is 14.3. The van der Waals surface area contributed by atoms with Crippen molar-refractivity contribution in [2.24, 2.45) is 11.3 Å². The molecule has 0 heterocycles. The zero-order valence-corrected chi connectivity index (χ0v) is 26.5. The Morgan fingerprint density at radius 3 is 1.85 bits per heavy atom. The zero-order chi connectivity index (χ0) is 26.8. The third-order valence-corrected chi connectivity index (χ3v) is 17.0. The Hall–Kier alpha value is -0.506. The first kappa shape index (κ1) is 33.5. The fourth-order valence-electron chi connectivity index (χ4n) is 3.81. The molecule has 202 valence electrons. The van der Waals surface area contributed by atoms with E-state index >= 15 is 0 Å². The van der Waals surface area contributed by atoms with E-state index in [1.165, 1.54) is 0 Å². The molecule has 7 heteroatoms. The molecular weight excluding hydrogens is 460 g/mol. The van der Waals surface area contributed by atoms with E-state index in [9.17, 15) is 9.59 Å². The average Bonchev–Trinajstić information content (AvgIpc) is 2.73. The number of esters is 1. The standard InChI is InChI=1S/C27H56O5Si2/c1-13-34(14-2,15-3)31-23(18-20-30-25(29)26(5,6)7)21-24(22(4)17-16-19-28)32-33(11,12)27(8,9)10/h19,22-24H,13-18,20-21H2,1-12H3. The van der Waals surface area contributed by atoms with Crippen LogP contribution in [0, 0.1) is 11.3 Å². The molecule has 3 atom stereocenters. The lowest BCUT2D eigenvalue weighted by Gasteiger charge is -2.43. The van der Waals surface area contributed by atoms with Gasteiger partial charge in [-0.05, 0) is 75.8 Å². The van der Waals surface area contributed by atoms with Crippen LogP contribution in [0.3, 0.4) is 0 Å². The van der Waals surface area contributed by atoms with E-state index in [0.29, 0.717) is 19.4 Å². The van der Waals surface area contributed by atoms with Gasteiger partial charge < -0.3 is 18.4 Å². The molecule has 0 aliphatic rings. The van der Waals surface area contributed by atoms with Gasteiger partial charge in [0.25, 0.3) is 0 Å². The third kappa shape index (κ3) is 11.0. The van der Waals surface area contributed by atoms with Crippen molar-refractivity contribution in [3.8, 4) is 0 Å². The molecule has 0 rings (SSSR count). The highest BCUT2D eigenvalue weighted by atomic mass is 28.4. The Morgan fingerprint density at radius 2 is 1.44 bits per heavy atom. The van der Waals surface area contributed by atoms with Gasteiger partial charge in [0.2, 0.25) is 0 Å². The van der Waals surface area contributed by atoms with Crippen LogP contribution in [-0.4, -0.2) is 47.7 Å². The molecule has 0 spiro atoms. The number of hydrogen-bond acceptors (Lipinski definition) is 5.